The van der Waals surface area contributed by atoms with Crippen molar-refractivity contribution >= 4 is 39.2 Å². The van der Waals surface area contributed by atoms with Gasteiger partial charge in [0.2, 0.25) is 11.8 Å². The van der Waals surface area contributed by atoms with Crippen molar-refractivity contribution < 1.29 is 32.3 Å². The first-order valence-corrected chi connectivity index (χ1v) is 10.6. The molecule has 2 amide bonds. The molecule has 1 aliphatic rings. The van der Waals surface area contributed by atoms with E-state index in [0.29, 0.717) is 0 Å². The van der Waals surface area contributed by atoms with Crippen LogP contribution in [0.3, 0.4) is 0 Å². The Balaban J connectivity index is 2.00. The van der Waals surface area contributed by atoms with E-state index in [1.54, 1.807) is 19.1 Å². The van der Waals surface area contributed by atoms with Crippen LogP contribution in [-0.4, -0.2) is 39.9 Å². The number of ether oxygens (including phenoxy) is 2. The summed E-state index contributed by atoms with van der Waals surface area (Å²) in [6, 6.07) is 9.86. The van der Waals surface area contributed by atoms with Crippen molar-refractivity contribution in [2.75, 3.05) is 23.3 Å². The Kier molecular flexibility index (Phi) is 6.06. The molecule has 1 aliphatic heterocycles. The topological polar surface area (TPSA) is 119 Å². The summed E-state index contributed by atoms with van der Waals surface area (Å²) in [7, 11) is -2.81. The zero-order chi connectivity index (χ0) is 21.9. The third-order valence-corrected chi connectivity index (χ3v) is 5.78. The number of hydrogen-bond donors (Lipinski definition) is 1. The van der Waals surface area contributed by atoms with Crippen LogP contribution in [0.1, 0.15) is 30.1 Å². The van der Waals surface area contributed by atoms with Crippen LogP contribution in [0.5, 0.6) is 5.75 Å². The summed E-state index contributed by atoms with van der Waals surface area (Å²) in [5.41, 5.74) is 0.148. The van der Waals surface area contributed by atoms with Gasteiger partial charge in [-0.1, -0.05) is 12.1 Å². The Morgan fingerprint density at radius 2 is 1.77 bits per heavy atom. The molecule has 158 valence electrons. The van der Waals surface area contributed by atoms with Crippen LogP contribution in [0, 0.1) is 0 Å². The van der Waals surface area contributed by atoms with Crippen LogP contribution in [-0.2, 0) is 24.3 Å². The number of amides is 2. The Morgan fingerprint density at radius 3 is 2.40 bits per heavy atom. The molecule has 2 aromatic carbocycles. The van der Waals surface area contributed by atoms with Crippen LogP contribution in [0.25, 0.3) is 0 Å². The number of esters is 1. The van der Waals surface area contributed by atoms with Gasteiger partial charge in [0.05, 0.1) is 35.6 Å². The van der Waals surface area contributed by atoms with Crippen LogP contribution in [0.4, 0.5) is 11.4 Å². The maximum absolute atomic E-state index is 13.0. The van der Waals surface area contributed by atoms with E-state index in [1.807, 2.05) is 0 Å². The van der Waals surface area contributed by atoms with E-state index in [4.69, 9.17) is 9.47 Å². The lowest BCUT2D eigenvalue weighted by molar-refractivity contribution is -0.121. The fraction of sp³-hybridized carbons (Fsp3) is 0.250. The minimum Gasteiger partial charge on any atom is -0.495 e. The first-order chi connectivity index (χ1) is 14.3. The monoisotopic (exact) mass is 432 g/mol. The van der Waals surface area contributed by atoms with Gasteiger partial charge in [0.25, 0.3) is 10.0 Å². The van der Waals surface area contributed by atoms with Gasteiger partial charge in [0.1, 0.15) is 5.75 Å². The normalized spacial score (nSPS) is 14.0. The van der Waals surface area contributed by atoms with Gasteiger partial charge in [-0.2, -0.15) is 0 Å². The number of imide groups is 1. The highest BCUT2D eigenvalue weighted by Crippen LogP contribution is 2.34. The molecule has 0 unspecified atom stereocenters. The molecule has 0 aromatic heterocycles. The van der Waals surface area contributed by atoms with Crippen molar-refractivity contribution in [2.24, 2.45) is 0 Å². The molecule has 0 spiro atoms. The summed E-state index contributed by atoms with van der Waals surface area (Å²) in [4.78, 5) is 37.1. The number of rotatable bonds is 7. The molecule has 0 bridgehead atoms. The van der Waals surface area contributed by atoms with Gasteiger partial charge in [-0.05, 0) is 37.3 Å². The quantitative estimate of drug-likeness (QED) is 0.527. The first-order valence-electron chi connectivity index (χ1n) is 9.11. The number of methoxy groups -OCH3 is 1. The molecule has 9 nitrogen and oxygen atoms in total. The zero-order valence-electron chi connectivity index (χ0n) is 16.4. The van der Waals surface area contributed by atoms with E-state index in [2.05, 4.69) is 4.72 Å². The van der Waals surface area contributed by atoms with E-state index >= 15 is 0 Å². The smallest absolute Gasteiger partial charge is 0.340 e. The maximum Gasteiger partial charge on any atom is 0.340 e. The summed E-state index contributed by atoms with van der Waals surface area (Å²) in [5, 5.41) is 0. The largest absolute Gasteiger partial charge is 0.495 e. The van der Waals surface area contributed by atoms with Gasteiger partial charge in [0.15, 0.2) is 0 Å². The summed E-state index contributed by atoms with van der Waals surface area (Å²) in [6.45, 7) is 1.78. The van der Waals surface area contributed by atoms with Crippen molar-refractivity contribution in [1.29, 1.82) is 0 Å². The van der Waals surface area contributed by atoms with Crippen LogP contribution >= 0.6 is 0 Å². The highest BCUT2D eigenvalue weighted by Gasteiger charge is 2.33. The molecule has 3 rings (SSSR count). The third-order valence-electron chi connectivity index (χ3n) is 4.42. The molecule has 1 heterocycles. The summed E-state index contributed by atoms with van der Waals surface area (Å²) in [6.07, 6.45) is 0.0915. The Hall–Kier alpha value is -3.40. The second kappa shape index (κ2) is 8.54. The second-order valence-electron chi connectivity index (χ2n) is 6.33. The molecule has 0 radical (unpaired) electrons. The fourth-order valence-electron chi connectivity index (χ4n) is 3.02. The minimum absolute atomic E-state index is 0.0432. The minimum atomic E-state index is -4.16. The standard InChI is InChI=1S/C20H20N2O7S/c1-3-29-20(25)14-6-4-5-7-15(14)21-30(26,27)13-8-9-17(28-2)16(12-13)22-18(23)10-11-19(22)24/h4-9,12,21H,3,10-11H2,1-2H3. The highest BCUT2D eigenvalue weighted by molar-refractivity contribution is 7.92. The average Bonchev–Trinajstić information content (AvgIpc) is 3.05. The summed E-state index contributed by atoms with van der Waals surface area (Å²) < 4.78 is 38.5. The van der Waals surface area contributed by atoms with Gasteiger partial charge in [0, 0.05) is 12.8 Å². The molecule has 1 fully saturated rings. The number of sulfonamides is 1. The number of nitrogens with zero attached hydrogens (tertiary/aromatic N) is 1. The van der Waals surface area contributed by atoms with Crippen LogP contribution in [0.15, 0.2) is 47.4 Å². The molecule has 2 aromatic rings. The highest BCUT2D eigenvalue weighted by atomic mass is 32.2. The lowest BCUT2D eigenvalue weighted by Crippen LogP contribution is -2.29. The van der Waals surface area contributed by atoms with Crippen molar-refractivity contribution in [3.8, 4) is 5.75 Å². The Morgan fingerprint density at radius 1 is 1.10 bits per heavy atom. The van der Waals surface area contributed by atoms with E-state index in [0.717, 1.165) is 4.90 Å². The van der Waals surface area contributed by atoms with E-state index < -0.39 is 27.8 Å². The molecule has 0 aliphatic carbocycles. The van der Waals surface area contributed by atoms with Crippen molar-refractivity contribution in [1.82, 2.24) is 0 Å². The average molecular weight is 432 g/mol. The van der Waals surface area contributed by atoms with Crippen LogP contribution < -0.4 is 14.4 Å². The van der Waals surface area contributed by atoms with E-state index in [-0.39, 0.29) is 47.0 Å². The Labute approximate surface area is 173 Å². The number of nitrogens with one attached hydrogen (secondary N) is 1. The molecule has 1 saturated heterocycles. The number of carbonyl (C=O) groups excluding carboxylic acids is 3. The molecular weight excluding hydrogens is 412 g/mol. The van der Waals surface area contributed by atoms with Crippen LogP contribution in [0.2, 0.25) is 0 Å². The Bertz CT molecular complexity index is 1100. The predicted octanol–water partition coefficient (Wildman–Crippen LogP) is 2.33. The lowest BCUT2D eigenvalue weighted by atomic mass is 10.2. The van der Waals surface area contributed by atoms with E-state index in [9.17, 15) is 22.8 Å². The van der Waals surface area contributed by atoms with Crippen molar-refractivity contribution in [3.05, 3.63) is 48.0 Å². The second-order valence-corrected chi connectivity index (χ2v) is 8.01. The lowest BCUT2D eigenvalue weighted by Gasteiger charge is -2.19. The molecular formula is C20H20N2O7S. The summed E-state index contributed by atoms with van der Waals surface area (Å²) >= 11 is 0. The molecule has 0 atom stereocenters. The zero-order valence-corrected chi connectivity index (χ0v) is 17.2. The number of para-hydroxylation sites is 1. The number of carbonyl (C=O) groups is 3. The first kappa shape index (κ1) is 21.3. The number of benzene rings is 2. The molecule has 0 saturated carbocycles. The molecule has 1 N–H and O–H groups in total. The SMILES string of the molecule is CCOC(=O)c1ccccc1NS(=O)(=O)c1ccc(OC)c(N2C(=O)CCC2=O)c1. The predicted molar refractivity (Wildman–Crippen MR) is 108 cm³/mol. The molecule has 10 heteroatoms. The van der Waals surface area contributed by atoms with Gasteiger partial charge in [-0.3, -0.25) is 14.3 Å². The van der Waals surface area contributed by atoms with Crippen molar-refractivity contribution in [3.63, 3.8) is 0 Å². The summed E-state index contributed by atoms with van der Waals surface area (Å²) in [5.74, 6) is -1.36. The fourth-order valence-corrected chi connectivity index (χ4v) is 4.12. The van der Waals surface area contributed by atoms with Gasteiger partial charge in [-0.25, -0.2) is 18.1 Å². The van der Waals surface area contributed by atoms with Gasteiger partial charge >= 0.3 is 5.97 Å². The molecule has 30 heavy (non-hydrogen) atoms. The maximum atomic E-state index is 13.0. The van der Waals surface area contributed by atoms with Gasteiger partial charge in [-0.15, -0.1) is 0 Å². The van der Waals surface area contributed by atoms with Crippen molar-refractivity contribution in [2.45, 2.75) is 24.7 Å². The van der Waals surface area contributed by atoms with Gasteiger partial charge < -0.3 is 9.47 Å². The number of hydrogen-bond acceptors (Lipinski definition) is 7. The number of anilines is 2. The third kappa shape index (κ3) is 4.13. The van der Waals surface area contributed by atoms with E-state index in [1.165, 1.54) is 37.4 Å².